The number of H-pyrrole nitrogens is 1. The Kier molecular flexibility index (Phi) is 5.05. The van der Waals surface area contributed by atoms with Gasteiger partial charge >= 0.3 is 6.09 Å². The van der Waals surface area contributed by atoms with Crippen LogP contribution in [0.1, 0.15) is 38.4 Å². The van der Waals surface area contributed by atoms with Crippen LogP contribution in [0.4, 0.5) is 4.79 Å². The summed E-state index contributed by atoms with van der Waals surface area (Å²) in [6.07, 6.45) is 3.60. The van der Waals surface area contributed by atoms with E-state index in [0.717, 1.165) is 41.1 Å². The molecular weight excluding hydrogens is 366 g/mol. The molecule has 0 radical (unpaired) electrons. The second-order valence-electron chi connectivity index (χ2n) is 8.23. The van der Waals surface area contributed by atoms with Crippen molar-refractivity contribution >= 4 is 6.09 Å². The van der Waals surface area contributed by atoms with E-state index in [-0.39, 0.29) is 6.04 Å². The highest BCUT2D eigenvalue weighted by Gasteiger charge is 2.28. The maximum absolute atomic E-state index is 12.2. The lowest BCUT2D eigenvalue weighted by atomic mass is 9.89. The van der Waals surface area contributed by atoms with E-state index in [9.17, 15) is 4.79 Å². The summed E-state index contributed by atoms with van der Waals surface area (Å²) in [7, 11) is 0. The summed E-state index contributed by atoms with van der Waals surface area (Å²) in [6.45, 7) is 5.58. The number of hydrogen-bond donors (Lipinski definition) is 2. The average Bonchev–Trinajstić information content (AvgIpc) is 3.21. The Morgan fingerprint density at radius 1 is 1.17 bits per heavy atom. The van der Waals surface area contributed by atoms with Crippen molar-refractivity contribution in [3.63, 3.8) is 0 Å². The minimum Gasteiger partial charge on any atom is -0.444 e. The molecule has 1 aliphatic rings. The molecule has 1 amide bonds. The van der Waals surface area contributed by atoms with Gasteiger partial charge in [0.1, 0.15) is 11.3 Å². The van der Waals surface area contributed by atoms with Gasteiger partial charge in [-0.25, -0.2) is 14.8 Å². The van der Waals surface area contributed by atoms with E-state index in [1.807, 2.05) is 57.2 Å². The highest BCUT2D eigenvalue weighted by molar-refractivity contribution is 5.69. The van der Waals surface area contributed by atoms with Crippen LogP contribution in [0.2, 0.25) is 0 Å². The smallest absolute Gasteiger partial charge is 0.407 e. The van der Waals surface area contributed by atoms with Crippen molar-refractivity contribution in [1.82, 2.24) is 25.5 Å². The maximum Gasteiger partial charge on any atom is 0.407 e. The van der Waals surface area contributed by atoms with Gasteiger partial charge < -0.3 is 10.1 Å². The Morgan fingerprint density at radius 3 is 2.66 bits per heavy atom. The molecule has 7 nitrogen and oxygen atoms in total. The zero-order chi connectivity index (χ0) is 20.4. The van der Waals surface area contributed by atoms with Gasteiger partial charge in [-0.05, 0) is 46.1 Å². The summed E-state index contributed by atoms with van der Waals surface area (Å²) in [5.41, 5.74) is 4.08. The zero-order valence-electron chi connectivity index (χ0n) is 16.9. The first-order valence-electron chi connectivity index (χ1n) is 9.84. The SMILES string of the molecule is CC(C)(C)OC(=O)NC1CCc2nc(-c3ccccc3)nc(-c3cc[nH]n3)c2C1. The first-order valence-corrected chi connectivity index (χ1v) is 9.84. The van der Waals surface area contributed by atoms with Crippen LogP contribution in [0.3, 0.4) is 0 Å². The molecule has 7 heteroatoms. The van der Waals surface area contributed by atoms with Gasteiger partial charge in [0.25, 0.3) is 0 Å². The fourth-order valence-corrected chi connectivity index (χ4v) is 3.53. The van der Waals surface area contributed by atoms with Crippen LogP contribution in [-0.4, -0.2) is 37.9 Å². The number of alkyl carbamates (subject to hydrolysis) is 1. The van der Waals surface area contributed by atoms with Crippen LogP contribution in [0.15, 0.2) is 42.6 Å². The van der Waals surface area contributed by atoms with Gasteiger partial charge in [0.2, 0.25) is 0 Å². The Hall–Kier alpha value is -3.22. The van der Waals surface area contributed by atoms with Gasteiger partial charge in [-0.15, -0.1) is 0 Å². The van der Waals surface area contributed by atoms with Gasteiger partial charge in [-0.3, -0.25) is 5.10 Å². The van der Waals surface area contributed by atoms with Crippen LogP contribution >= 0.6 is 0 Å². The molecule has 1 aromatic carbocycles. The molecule has 150 valence electrons. The van der Waals surface area contributed by atoms with Gasteiger partial charge in [0, 0.05) is 29.1 Å². The van der Waals surface area contributed by atoms with Crippen LogP contribution < -0.4 is 5.32 Å². The van der Waals surface area contributed by atoms with Crippen molar-refractivity contribution in [3.05, 3.63) is 53.9 Å². The predicted molar refractivity (Wildman–Crippen MR) is 110 cm³/mol. The van der Waals surface area contributed by atoms with E-state index in [0.29, 0.717) is 12.2 Å². The Morgan fingerprint density at radius 2 is 1.97 bits per heavy atom. The highest BCUT2D eigenvalue weighted by atomic mass is 16.6. The largest absolute Gasteiger partial charge is 0.444 e. The minimum atomic E-state index is -0.523. The van der Waals surface area contributed by atoms with Gasteiger partial charge in [0.15, 0.2) is 5.82 Å². The van der Waals surface area contributed by atoms with E-state index in [1.54, 1.807) is 6.20 Å². The first kappa shape index (κ1) is 19.1. The van der Waals surface area contributed by atoms with Crippen molar-refractivity contribution in [2.45, 2.75) is 51.7 Å². The molecular formula is C22H25N5O2. The normalized spacial score (nSPS) is 16.2. The number of ether oxygens (including phenoxy) is 1. The number of carbonyl (C=O) groups is 1. The molecule has 3 aromatic rings. The van der Waals surface area contributed by atoms with Gasteiger partial charge in [-0.1, -0.05) is 30.3 Å². The zero-order valence-corrected chi connectivity index (χ0v) is 16.9. The quantitative estimate of drug-likeness (QED) is 0.706. The topological polar surface area (TPSA) is 92.8 Å². The lowest BCUT2D eigenvalue weighted by Crippen LogP contribution is -2.42. The molecule has 0 fully saturated rings. The minimum absolute atomic E-state index is 0.0267. The summed E-state index contributed by atoms with van der Waals surface area (Å²) < 4.78 is 5.41. The molecule has 1 unspecified atom stereocenters. The number of aromatic nitrogens is 4. The third-order valence-corrected chi connectivity index (χ3v) is 4.77. The van der Waals surface area contributed by atoms with E-state index in [1.165, 1.54) is 0 Å². The number of aromatic amines is 1. The number of fused-ring (bicyclic) bond motifs is 1. The molecule has 0 aliphatic heterocycles. The Bertz CT molecular complexity index is 994. The number of hydrogen-bond acceptors (Lipinski definition) is 5. The van der Waals surface area contributed by atoms with Gasteiger partial charge in [0.05, 0.1) is 5.69 Å². The fraction of sp³-hybridized carbons (Fsp3) is 0.364. The number of rotatable bonds is 3. The number of nitrogens with one attached hydrogen (secondary N) is 2. The van der Waals surface area contributed by atoms with E-state index >= 15 is 0 Å². The summed E-state index contributed by atoms with van der Waals surface area (Å²) in [5.74, 6) is 0.695. The molecule has 1 aliphatic carbocycles. The molecule has 0 spiro atoms. The second kappa shape index (κ2) is 7.66. The summed E-state index contributed by atoms with van der Waals surface area (Å²) >= 11 is 0. The molecule has 2 heterocycles. The maximum atomic E-state index is 12.2. The monoisotopic (exact) mass is 391 g/mol. The number of aryl methyl sites for hydroxylation is 1. The van der Waals surface area contributed by atoms with E-state index < -0.39 is 11.7 Å². The Balaban J connectivity index is 1.66. The van der Waals surface area contributed by atoms with Crippen molar-refractivity contribution in [3.8, 4) is 22.8 Å². The predicted octanol–water partition coefficient (Wildman–Crippen LogP) is 3.92. The molecule has 0 saturated heterocycles. The van der Waals surface area contributed by atoms with Crippen molar-refractivity contribution in [2.24, 2.45) is 0 Å². The summed E-state index contributed by atoms with van der Waals surface area (Å²) in [4.78, 5) is 21.9. The lowest BCUT2D eigenvalue weighted by molar-refractivity contribution is 0.0500. The fourth-order valence-electron chi connectivity index (χ4n) is 3.53. The molecule has 0 bridgehead atoms. The van der Waals surface area contributed by atoms with Crippen LogP contribution in [0, 0.1) is 0 Å². The lowest BCUT2D eigenvalue weighted by Gasteiger charge is -2.28. The molecule has 29 heavy (non-hydrogen) atoms. The number of carbonyl (C=O) groups excluding carboxylic acids is 1. The molecule has 2 aromatic heterocycles. The third kappa shape index (κ3) is 4.45. The van der Waals surface area contributed by atoms with Crippen LogP contribution in [0.25, 0.3) is 22.8 Å². The van der Waals surface area contributed by atoms with Crippen LogP contribution in [-0.2, 0) is 17.6 Å². The van der Waals surface area contributed by atoms with Crippen molar-refractivity contribution in [1.29, 1.82) is 0 Å². The molecule has 2 N–H and O–H groups in total. The second-order valence-corrected chi connectivity index (χ2v) is 8.23. The van der Waals surface area contributed by atoms with E-state index in [4.69, 9.17) is 14.7 Å². The van der Waals surface area contributed by atoms with Crippen LogP contribution in [0.5, 0.6) is 0 Å². The Labute approximate surface area is 169 Å². The molecule has 4 rings (SSSR count). The number of amides is 1. The number of benzene rings is 1. The van der Waals surface area contributed by atoms with E-state index in [2.05, 4.69) is 15.5 Å². The van der Waals surface area contributed by atoms with Gasteiger partial charge in [-0.2, -0.15) is 5.10 Å². The molecule has 0 saturated carbocycles. The van der Waals surface area contributed by atoms with Crippen molar-refractivity contribution < 1.29 is 9.53 Å². The summed E-state index contributed by atoms with van der Waals surface area (Å²) in [6, 6.07) is 11.8. The third-order valence-electron chi connectivity index (χ3n) is 4.77. The van der Waals surface area contributed by atoms with Crippen molar-refractivity contribution in [2.75, 3.05) is 0 Å². The molecule has 1 atom stereocenters. The first-order chi connectivity index (χ1) is 13.9. The standard InChI is InChI=1S/C22H25N5O2/c1-22(2,3)29-21(28)24-15-9-10-17-16(13-15)19(18-11-12-23-27-18)26-20(25-17)14-7-5-4-6-8-14/h4-8,11-12,15H,9-10,13H2,1-3H3,(H,23,27)(H,24,28). The average molecular weight is 391 g/mol. The number of nitrogens with zero attached hydrogens (tertiary/aromatic N) is 3. The summed E-state index contributed by atoms with van der Waals surface area (Å²) in [5, 5.41) is 10.2. The highest BCUT2D eigenvalue weighted by Crippen LogP contribution is 2.31.